The van der Waals surface area contributed by atoms with Crippen LogP contribution < -0.4 is 0 Å². The Morgan fingerprint density at radius 3 is 2.30 bits per heavy atom. The van der Waals surface area contributed by atoms with Crippen molar-refractivity contribution in [2.24, 2.45) is 5.41 Å². The molecule has 0 spiro atoms. The second-order valence-corrected chi connectivity index (χ2v) is 8.95. The lowest BCUT2D eigenvalue weighted by atomic mass is 9.41. The van der Waals surface area contributed by atoms with E-state index in [0.29, 0.717) is 25.9 Å². The third kappa shape index (κ3) is 3.35. The Morgan fingerprint density at radius 2 is 1.74 bits per heavy atom. The zero-order valence-corrected chi connectivity index (χ0v) is 13.6. The van der Waals surface area contributed by atoms with Crippen LogP contribution in [-0.4, -0.2) is 81.5 Å². The maximum absolute atomic E-state index is 11.3. The van der Waals surface area contributed by atoms with E-state index in [2.05, 4.69) is 0 Å². The molecule has 3 aliphatic carbocycles. The smallest absolute Gasteiger partial charge is 0.325 e. The highest BCUT2D eigenvalue weighted by Crippen LogP contribution is 2.72. The molecular formula is C13H23O9P. The predicted octanol–water partition coefficient (Wildman–Crippen LogP) is -1.44. The molecule has 0 amide bonds. The normalized spacial score (nSPS) is 51.5. The van der Waals surface area contributed by atoms with Gasteiger partial charge >= 0.3 is 7.60 Å². The number of hydrogen-bond acceptors (Lipinski definition) is 8. The van der Waals surface area contributed by atoms with E-state index in [0.717, 1.165) is 0 Å². The lowest BCUT2D eigenvalue weighted by Crippen LogP contribution is -2.69. The van der Waals surface area contributed by atoms with Crippen LogP contribution in [0.15, 0.2) is 0 Å². The summed E-state index contributed by atoms with van der Waals surface area (Å²) in [5.41, 5.74) is -0.578. The fourth-order valence-corrected chi connectivity index (χ4v) is 4.88. The van der Waals surface area contributed by atoms with Gasteiger partial charge in [-0.25, -0.2) is 0 Å². The van der Waals surface area contributed by atoms with Gasteiger partial charge in [-0.2, -0.15) is 0 Å². The van der Waals surface area contributed by atoms with E-state index in [1.807, 2.05) is 0 Å². The van der Waals surface area contributed by atoms with E-state index in [-0.39, 0.29) is 12.0 Å². The van der Waals surface area contributed by atoms with Gasteiger partial charge in [0.05, 0.1) is 18.8 Å². The number of rotatable bonds is 6. The SMILES string of the molecule is CP(=O)(O)OC12CC(COCC3OC(O)C(O)C(O)C3O)(C1)C2. The summed E-state index contributed by atoms with van der Waals surface area (Å²) in [7, 11) is -3.49. The first-order chi connectivity index (χ1) is 10.5. The van der Waals surface area contributed by atoms with Crippen molar-refractivity contribution in [3.8, 4) is 0 Å². The second-order valence-electron chi connectivity index (χ2n) is 7.16. The standard InChI is InChI=1S/C13H23O9P/c1-23(18,19)22-13-3-12(4-13,5-13)6-20-2-7-8(14)9(15)10(16)11(17)21-7/h7-11,14-17H,2-6H2,1H3,(H,18,19). The highest BCUT2D eigenvalue weighted by atomic mass is 31.2. The van der Waals surface area contributed by atoms with E-state index < -0.39 is 43.9 Å². The molecule has 10 heteroatoms. The molecule has 4 aliphatic rings. The van der Waals surface area contributed by atoms with E-state index in [9.17, 15) is 29.9 Å². The lowest BCUT2D eigenvalue weighted by Gasteiger charge is -2.69. The Hall–Kier alpha value is -0.0900. The van der Waals surface area contributed by atoms with Crippen LogP contribution in [0.5, 0.6) is 0 Å². The van der Waals surface area contributed by atoms with E-state index in [4.69, 9.17) is 14.0 Å². The van der Waals surface area contributed by atoms with Gasteiger partial charge in [0.2, 0.25) is 0 Å². The van der Waals surface area contributed by atoms with Crippen LogP contribution in [0.3, 0.4) is 0 Å². The third-order valence-corrected chi connectivity index (χ3v) is 5.56. The first kappa shape index (κ1) is 17.7. The molecule has 0 radical (unpaired) electrons. The van der Waals surface area contributed by atoms with Crippen molar-refractivity contribution in [2.75, 3.05) is 19.9 Å². The Bertz CT molecular complexity index is 486. The van der Waals surface area contributed by atoms with Crippen molar-refractivity contribution in [2.45, 2.75) is 55.6 Å². The van der Waals surface area contributed by atoms with Crippen molar-refractivity contribution >= 4 is 7.60 Å². The molecule has 23 heavy (non-hydrogen) atoms. The Kier molecular flexibility index (Phi) is 4.41. The van der Waals surface area contributed by atoms with Crippen LogP contribution >= 0.6 is 7.60 Å². The lowest BCUT2D eigenvalue weighted by molar-refractivity contribution is -0.298. The monoisotopic (exact) mass is 354 g/mol. The molecule has 1 heterocycles. The largest absolute Gasteiger partial charge is 0.387 e. The summed E-state index contributed by atoms with van der Waals surface area (Å²) in [5, 5.41) is 38.2. The summed E-state index contributed by atoms with van der Waals surface area (Å²) in [6, 6.07) is 0. The van der Waals surface area contributed by atoms with Crippen LogP contribution in [0.4, 0.5) is 0 Å². The summed E-state index contributed by atoms with van der Waals surface area (Å²) >= 11 is 0. The van der Waals surface area contributed by atoms with Gasteiger partial charge in [-0.15, -0.1) is 0 Å². The fourth-order valence-electron chi connectivity index (χ4n) is 3.96. The minimum absolute atomic E-state index is 0.0378. The molecule has 134 valence electrons. The van der Waals surface area contributed by atoms with Gasteiger partial charge in [-0.3, -0.25) is 4.57 Å². The molecule has 0 aromatic heterocycles. The molecule has 4 rings (SSSR count). The first-order valence-electron chi connectivity index (χ1n) is 7.51. The van der Waals surface area contributed by atoms with Gasteiger partial charge in [-0.05, 0) is 19.3 Å². The van der Waals surface area contributed by atoms with Crippen molar-refractivity contribution in [1.29, 1.82) is 0 Å². The summed E-state index contributed by atoms with van der Waals surface area (Å²) < 4.78 is 27.0. The average molecular weight is 354 g/mol. The Morgan fingerprint density at radius 1 is 1.13 bits per heavy atom. The molecule has 0 aromatic rings. The Labute approximate surface area is 133 Å². The van der Waals surface area contributed by atoms with E-state index in [1.165, 1.54) is 6.66 Å². The molecule has 1 aliphatic heterocycles. The number of hydrogen-bond donors (Lipinski definition) is 5. The van der Waals surface area contributed by atoms with Crippen LogP contribution in [0, 0.1) is 5.41 Å². The fraction of sp³-hybridized carbons (Fsp3) is 1.00. The van der Waals surface area contributed by atoms with Crippen molar-refractivity contribution in [3.63, 3.8) is 0 Å². The van der Waals surface area contributed by atoms with Crippen LogP contribution in [0.2, 0.25) is 0 Å². The molecule has 1 saturated heterocycles. The van der Waals surface area contributed by atoms with Crippen molar-refractivity contribution < 1.29 is 43.9 Å². The average Bonchev–Trinajstić information content (AvgIpc) is 2.36. The minimum Gasteiger partial charge on any atom is -0.387 e. The molecule has 5 N–H and O–H groups in total. The van der Waals surface area contributed by atoms with Gasteiger partial charge in [0, 0.05) is 12.1 Å². The molecule has 6 unspecified atom stereocenters. The first-order valence-corrected chi connectivity index (χ1v) is 9.54. The summed E-state index contributed by atoms with van der Waals surface area (Å²) in [5.74, 6) is 0. The topological polar surface area (TPSA) is 146 Å². The van der Waals surface area contributed by atoms with Crippen molar-refractivity contribution in [1.82, 2.24) is 0 Å². The molecule has 6 atom stereocenters. The van der Waals surface area contributed by atoms with E-state index >= 15 is 0 Å². The minimum atomic E-state index is -3.49. The number of aliphatic hydroxyl groups is 4. The van der Waals surface area contributed by atoms with Crippen LogP contribution in [0.25, 0.3) is 0 Å². The highest BCUT2D eigenvalue weighted by Gasteiger charge is 2.70. The predicted molar refractivity (Wildman–Crippen MR) is 75.6 cm³/mol. The molecule has 9 nitrogen and oxygen atoms in total. The summed E-state index contributed by atoms with van der Waals surface area (Å²) in [4.78, 5) is 9.26. The number of aliphatic hydroxyl groups excluding tert-OH is 4. The summed E-state index contributed by atoms with van der Waals surface area (Å²) in [6.45, 7) is 1.51. The van der Waals surface area contributed by atoms with Gasteiger partial charge in [0.1, 0.15) is 24.4 Å². The van der Waals surface area contributed by atoms with Gasteiger partial charge < -0.3 is 39.3 Å². The maximum atomic E-state index is 11.3. The van der Waals surface area contributed by atoms with Gasteiger partial charge in [-0.1, -0.05) is 0 Å². The molecule has 4 fully saturated rings. The molecular weight excluding hydrogens is 331 g/mol. The van der Waals surface area contributed by atoms with Gasteiger partial charge in [0.15, 0.2) is 6.29 Å². The quantitative estimate of drug-likeness (QED) is 0.362. The van der Waals surface area contributed by atoms with Gasteiger partial charge in [0.25, 0.3) is 0 Å². The van der Waals surface area contributed by atoms with Crippen LogP contribution in [-0.2, 0) is 18.6 Å². The zero-order chi connectivity index (χ0) is 17.0. The molecule has 2 bridgehead atoms. The number of ether oxygens (including phenoxy) is 2. The van der Waals surface area contributed by atoms with E-state index in [1.54, 1.807) is 0 Å². The molecule has 3 saturated carbocycles. The zero-order valence-electron chi connectivity index (χ0n) is 12.7. The second kappa shape index (κ2) is 5.72. The Balaban J connectivity index is 1.41. The highest BCUT2D eigenvalue weighted by molar-refractivity contribution is 7.51. The third-order valence-electron chi connectivity index (χ3n) is 4.83. The maximum Gasteiger partial charge on any atom is 0.325 e. The molecule has 0 aromatic carbocycles. The van der Waals surface area contributed by atoms with Crippen molar-refractivity contribution in [3.05, 3.63) is 0 Å². The van der Waals surface area contributed by atoms with Crippen LogP contribution in [0.1, 0.15) is 19.3 Å². The summed E-state index contributed by atoms with van der Waals surface area (Å²) in [6.07, 6.45) is -4.97.